The Hall–Kier alpha value is -3.14. The molecule has 0 fully saturated rings. The number of fused-ring (bicyclic) bond motifs is 1. The molecule has 0 aromatic heterocycles. The molecule has 4 heteroatoms. The molecule has 0 N–H and O–H groups in total. The van der Waals surface area contributed by atoms with Crippen molar-refractivity contribution in [3.63, 3.8) is 0 Å². The fourth-order valence-corrected chi connectivity index (χ4v) is 2.53. The number of ether oxygens (including phenoxy) is 2. The van der Waals surface area contributed by atoms with E-state index in [0.29, 0.717) is 29.8 Å². The van der Waals surface area contributed by atoms with Crippen LogP contribution < -0.4 is 9.47 Å². The van der Waals surface area contributed by atoms with E-state index in [4.69, 9.17) is 9.47 Å². The number of hydrogen-bond donors (Lipinski definition) is 0. The fraction of sp³-hybridized carbons (Fsp3) is 0.143. The first-order valence-corrected chi connectivity index (χ1v) is 8.15. The second-order valence-electron chi connectivity index (χ2n) is 5.59. The Kier molecular flexibility index (Phi) is 5.09. The molecule has 0 unspecified atom stereocenters. The van der Waals surface area contributed by atoms with E-state index in [9.17, 15) is 9.59 Å². The zero-order valence-corrected chi connectivity index (χ0v) is 13.9. The minimum absolute atomic E-state index is 0.282. The van der Waals surface area contributed by atoms with E-state index < -0.39 is 5.97 Å². The van der Waals surface area contributed by atoms with Crippen LogP contribution in [-0.2, 0) is 0 Å². The average Bonchev–Trinajstić information content (AvgIpc) is 2.67. The largest absolute Gasteiger partial charge is 0.494 e. The Morgan fingerprint density at radius 1 is 1.00 bits per heavy atom. The summed E-state index contributed by atoms with van der Waals surface area (Å²) in [5, 5.41) is 1.63. The molecule has 0 bridgehead atoms. The maximum Gasteiger partial charge on any atom is 0.343 e. The van der Waals surface area contributed by atoms with E-state index in [-0.39, 0.29) is 5.75 Å². The van der Waals surface area contributed by atoms with Crippen LogP contribution in [0.2, 0.25) is 0 Å². The monoisotopic (exact) mass is 334 g/mol. The van der Waals surface area contributed by atoms with E-state index in [1.807, 2.05) is 37.3 Å². The van der Waals surface area contributed by atoms with E-state index in [1.54, 1.807) is 30.3 Å². The molecule has 0 aliphatic rings. The summed E-state index contributed by atoms with van der Waals surface area (Å²) in [6.07, 6.45) is 1.61. The summed E-state index contributed by atoms with van der Waals surface area (Å²) in [7, 11) is 0. The van der Waals surface area contributed by atoms with Gasteiger partial charge in [-0.2, -0.15) is 0 Å². The topological polar surface area (TPSA) is 52.6 Å². The molecule has 126 valence electrons. The third-order valence-electron chi connectivity index (χ3n) is 3.79. The first-order chi connectivity index (χ1) is 12.2. The zero-order chi connectivity index (χ0) is 17.6. The summed E-state index contributed by atoms with van der Waals surface area (Å²) < 4.78 is 11.0. The molecule has 0 saturated heterocycles. The van der Waals surface area contributed by atoms with Crippen molar-refractivity contribution < 1.29 is 19.1 Å². The minimum Gasteiger partial charge on any atom is -0.494 e. The van der Waals surface area contributed by atoms with Crippen LogP contribution >= 0.6 is 0 Å². The molecule has 0 amide bonds. The van der Waals surface area contributed by atoms with Gasteiger partial charge in [-0.05, 0) is 42.1 Å². The van der Waals surface area contributed by atoms with Crippen LogP contribution in [0.1, 0.15) is 34.1 Å². The number of benzene rings is 3. The van der Waals surface area contributed by atoms with Crippen molar-refractivity contribution in [2.45, 2.75) is 13.3 Å². The number of hydrogen-bond acceptors (Lipinski definition) is 4. The van der Waals surface area contributed by atoms with Crippen LogP contribution in [0.3, 0.4) is 0 Å². The normalized spacial score (nSPS) is 10.4. The molecule has 0 radical (unpaired) electrons. The van der Waals surface area contributed by atoms with Gasteiger partial charge in [-0.1, -0.05) is 37.3 Å². The molecule has 25 heavy (non-hydrogen) atoms. The van der Waals surface area contributed by atoms with Gasteiger partial charge < -0.3 is 9.47 Å². The summed E-state index contributed by atoms with van der Waals surface area (Å²) in [4.78, 5) is 23.8. The van der Waals surface area contributed by atoms with E-state index >= 15 is 0 Å². The van der Waals surface area contributed by atoms with Crippen LogP contribution in [0.15, 0.2) is 60.7 Å². The maximum atomic E-state index is 12.5. The first-order valence-electron chi connectivity index (χ1n) is 8.15. The Balaban J connectivity index is 1.88. The molecular weight excluding hydrogens is 316 g/mol. The lowest BCUT2D eigenvalue weighted by Gasteiger charge is -2.11. The molecule has 0 saturated carbocycles. The molecule has 0 heterocycles. The van der Waals surface area contributed by atoms with Crippen LogP contribution in [-0.4, -0.2) is 18.9 Å². The highest BCUT2D eigenvalue weighted by Gasteiger charge is 2.15. The van der Waals surface area contributed by atoms with Crippen molar-refractivity contribution in [2.24, 2.45) is 0 Å². The van der Waals surface area contributed by atoms with Crippen molar-refractivity contribution in [1.29, 1.82) is 0 Å². The first kappa shape index (κ1) is 16.7. The molecule has 4 nitrogen and oxygen atoms in total. The summed E-state index contributed by atoms with van der Waals surface area (Å²) in [6.45, 7) is 2.66. The number of aldehydes is 1. The van der Waals surface area contributed by atoms with Crippen LogP contribution in [0, 0.1) is 0 Å². The van der Waals surface area contributed by atoms with E-state index in [0.717, 1.165) is 17.2 Å². The predicted octanol–water partition coefficient (Wildman–Crippen LogP) is 4.66. The van der Waals surface area contributed by atoms with Gasteiger partial charge in [-0.3, -0.25) is 4.79 Å². The van der Waals surface area contributed by atoms with Gasteiger partial charge in [0.1, 0.15) is 11.5 Å². The highest BCUT2D eigenvalue weighted by Crippen LogP contribution is 2.29. The lowest BCUT2D eigenvalue weighted by Crippen LogP contribution is -2.10. The molecule has 0 atom stereocenters. The zero-order valence-electron chi connectivity index (χ0n) is 13.9. The molecular formula is C21H18O4. The maximum absolute atomic E-state index is 12.5. The summed E-state index contributed by atoms with van der Waals surface area (Å²) >= 11 is 0. The van der Waals surface area contributed by atoms with Gasteiger partial charge in [0.25, 0.3) is 0 Å². The SMILES string of the molecule is CCCOc1ccc(C(=O)Oc2c(C=O)ccc3ccccc23)cc1. The third kappa shape index (κ3) is 3.69. The standard InChI is InChI=1S/C21H18O4/c1-2-13-24-18-11-9-16(10-12-18)21(23)25-20-17(14-22)8-7-15-5-3-4-6-19(15)20/h3-12,14H,2,13H2,1H3. The molecule has 0 aliphatic heterocycles. The van der Waals surface area contributed by atoms with Gasteiger partial charge in [0.2, 0.25) is 0 Å². The predicted molar refractivity (Wildman–Crippen MR) is 96.5 cm³/mol. The Morgan fingerprint density at radius 3 is 2.48 bits per heavy atom. The number of rotatable bonds is 6. The number of carbonyl (C=O) groups excluding carboxylic acids is 2. The summed E-state index contributed by atoms with van der Waals surface area (Å²) in [5.41, 5.74) is 0.739. The van der Waals surface area contributed by atoms with Crippen LogP contribution in [0.4, 0.5) is 0 Å². The number of esters is 1. The molecule has 0 aliphatic carbocycles. The van der Waals surface area contributed by atoms with Gasteiger partial charge in [0.05, 0.1) is 17.7 Å². The summed E-state index contributed by atoms with van der Waals surface area (Å²) in [5.74, 6) is 0.475. The van der Waals surface area contributed by atoms with Crippen molar-refractivity contribution >= 4 is 23.0 Å². The summed E-state index contributed by atoms with van der Waals surface area (Å²) in [6, 6.07) is 17.7. The van der Waals surface area contributed by atoms with Crippen molar-refractivity contribution in [2.75, 3.05) is 6.61 Å². The van der Waals surface area contributed by atoms with Gasteiger partial charge in [-0.25, -0.2) is 4.79 Å². The fourth-order valence-electron chi connectivity index (χ4n) is 2.53. The average molecular weight is 334 g/mol. The van der Waals surface area contributed by atoms with Gasteiger partial charge in [-0.15, -0.1) is 0 Å². The third-order valence-corrected chi connectivity index (χ3v) is 3.79. The second-order valence-corrected chi connectivity index (χ2v) is 5.59. The molecule has 3 rings (SSSR count). The highest BCUT2D eigenvalue weighted by atomic mass is 16.5. The van der Waals surface area contributed by atoms with Crippen LogP contribution in [0.5, 0.6) is 11.5 Å². The highest BCUT2D eigenvalue weighted by molar-refractivity contribution is 6.00. The van der Waals surface area contributed by atoms with E-state index in [2.05, 4.69) is 0 Å². The van der Waals surface area contributed by atoms with Gasteiger partial charge in [0, 0.05) is 5.39 Å². The lowest BCUT2D eigenvalue weighted by atomic mass is 10.1. The van der Waals surface area contributed by atoms with Crippen molar-refractivity contribution in [3.05, 3.63) is 71.8 Å². The quantitative estimate of drug-likeness (QED) is 0.374. The molecule has 3 aromatic carbocycles. The van der Waals surface area contributed by atoms with Crippen LogP contribution in [0.25, 0.3) is 10.8 Å². The van der Waals surface area contributed by atoms with Crippen molar-refractivity contribution in [1.82, 2.24) is 0 Å². The minimum atomic E-state index is -0.513. The van der Waals surface area contributed by atoms with Gasteiger partial charge in [0.15, 0.2) is 6.29 Å². The molecule has 3 aromatic rings. The second kappa shape index (κ2) is 7.62. The Morgan fingerprint density at radius 2 is 1.76 bits per heavy atom. The lowest BCUT2D eigenvalue weighted by molar-refractivity contribution is 0.0736. The smallest absolute Gasteiger partial charge is 0.343 e. The molecule has 0 spiro atoms. The van der Waals surface area contributed by atoms with Gasteiger partial charge >= 0.3 is 5.97 Å². The Labute approximate surface area is 146 Å². The Bertz CT molecular complexity index is 897. The van der Waals surface area contributed by atoms with Crippen molar-refractivity contribution in [3.8, 4) is 11.5 Å². The van der Waals surface area contributed by atoms with E-state index in [1.165, 1.54) is 0 Å². The number of carbonyl (C=O) groups is 2.